The van der Waals surface area contributed by atoms with Crippen LogP contribution in [0.25, 0.3) is 11.3 Å². The molecule has 2 heterocycles. The van der Waals surface area contributed by atoms with Gasteiger partial charge in [-0.15, -0.1) is 0 Å². The number of halogens is 3. The summed E-state index contributed by atoms with van der Waals surface area (Å²) in [5, 5.41) is 6.97. The lowest BCUT2D eigenvalue weighted by Crippen LogP contribution is -2.19. The van der Waals surface area contributed by atoms with Gasteiger partial charge < -0.3 is 5.32 Å². The van der Waals surface area contributed by atoms with Gasteiger partial charge in [0, 0.05) is 23.4 Å². The van der Waals surface area contributed by atoms with Gasteiger partial charge in [-0.2, -0.15) is 18.3 Å². The Morgan fingerprint density at radius 2 is 1.83 bits per heavy atom. The Kier molecular flexibility index (Phi) is 6.53. The van der Waals surface area contributed by atoms with Gasteiger partial charge in [-0.25, -0.2) is 9.97 Å². The topological polar surface area (TPSA) is 72.7 Å². The molecule has 0 unspecified atom stereocenters. The van der Waals surface area contributed by atoms with Gasteiger partial charge in [0.2, 0.25) is 5.91 Å². The molecule has 0 atom stereocenters. The summed E-state index contributed by atoms with van der Waals surface area (Å²) in [6.45, 7) is 2.58. The number of amides is 1. The lowest BCUT2D eigenvalue weighted by atomic mass is 9.88. The number of benzene rings is 2. The molecular weight excluding hydrogens is 487 g/mol. The Morgan fingerprint density at radius 1 is 1.06 bits per heavy atom. The van der Waals surface area contributed by atoms with Crippen molar-refractivity contribution in [2.75, 3.05) is 11.1 Å². The Labute approximate surface area is 210 Å². The maximum atomic E-state index is 13.8. The monoisotopic (exact) mass is 509 g/mol. The van der Waals surface area contributed by atoms with Gasteiger partial charge in [0.25, 0.3) is 0 Å². The van der Waals surface area contributed by atoms with E-state index in [-0.39, 0.29) is 28.6 Å². The van der Waals surface area contributed by atoms with Crippen molar-refractivity contribution in [1.29, 1.82) is 0 Å². The molecule has 5 rings (SSSR count). The van der Waals surface area contributed by atoms with Crippen molar-refractivity contribution in [2.24, 2.45) is 0 Å². The van der Waals surface area contributed by atoms with Crippen molar-refractivity contribution in [3.63, 3.8) is 0 Å². The lowest BCUT2D eigenvalue weighted by Gasteiger charge is -2.22. The van der Waals surface area contributed by atoms with Crippen LogP contribution in [0.15, 0.2) is 66.0 Å². The third-order valence-corrected chi connectivity index (χ3v) is 6.85. The lowest BCUT2D eigenvalue weighted by molar-refractivity contribution is -0.142. The Balaban J connectivity index is 1.30. The summed E-state index contributed by atoms with van der Waals surface area (Å²) in [5.74, 6) is -0.190. The van der Waals surface area contributed by atoms with Crippen molar-refractivity contribution in [1.82, 2.24) is 19.7 Å². The summed E-state index contributed by atoms with van der Waals surface area (Å²) < 4.78 is 43.1. The number of hydrogen-bond acceptors (Lipinski definition) is 5. The molecule has 0 radical (unpaired) electrons. The van der Waals surface area contributed by atoms with E-state index in [0.717, 1.165) is 28.5 Å². The molecule has 0 aliphatic heterocycles. The van der Waals surface area contributed by atoms with Gasteiger partial charge in [-0.1, -0.05) is 60.3 Å². The second-order valence-electron chi connectivity index (χ2n) is 8.50. The van der Waals surface area contributed by atoms with Crippen LogP contribution >= 0.6 is 11.8 Å². The smallest absolute Gasteiger partial charge is 0.308 e. The number of nitrogens with one attached hydrogen (secondary N) is 1. The molecule has 1 aliphatic rings. The molecule has 2 aromatic carbocycles. The van der Waals surface area contributed by atoms with Gasteiger partial charge in [-0.3, -0.25) is 9.48 Å². The molecule has 184 valence electrons. The van der Waals surface area contributed by atoms with Crippen LogP contribution in [-0.2, 0) is 30.4 Å². The predicted octanol–water partition coefficient (Wildman–Crippen LogP) is 5.55. The molecule has 1 amide bonds. The zero-order valence-electron chi connectivity index (χ0n) is 19.3. The summed E-state index contributed by atoms with van der Waals surface area (Å²) in [5.41, 5.74) is 3.34. The van der Waals surface area contributed by atoms with E-state index in [1.54, 1.807) is 29.1 Å². The van der Waals surface area contributed by atoms with E-state index < -0.39 is 17.8 Å². The fraction of sp³-hybridized carbons (Fsp3) is 0.231. The minimum atomic E-state index is -4.61. The van der Waals surface area contributed by atoms with Crippen molar-refractivity contribution in [3.05, 3.63) is 88.7 Å². The first-order valence-corrected chi connectivity index (χ1v) is 12.3. The number of nitrogens with zero attached hydrogens (tertiary/aromatic N) is 4. The Morgan fingerprint density at radius 3 is 2.64 bits per heavy atom. The second-order valence-corrected chi connectivity index (χ2v) is 9.44. The molecular formula is C26H22F3N5OS. The van der Waals surface area contributed by atoms with Crippen molar-refractivity contribution in [2.45, 2.75) is 37.6 Å². The SMILES string of the molecule is Cc1ccccc1Cn1ccc(NC(=O)CSc2nc3c(c(C(F)(F)F)n2)CCc2ccccc2-3)n1. The molecule has 0 fully saturated rings. The fourth-order valence-electron chi connectivity index (χ4n) is 4.24. The van der Waals surface area contributed by atoms with Gasteiger partial charge in [0.1, 0.15) is 0 Å². The standard InChI is InChI=1S/C26H22F3N5OS/c1-16-6-2-3-8-18(16)14-34-13-12-21(33-34)30-22(35)15-36-25-31-23-19-9-5-4-7-17(19)10-11-20(23)24(32-25)26(27,28)29/h2-9,12-13H,10-11,14-15H2,1H3,(H,30,33,35). The van der Waals surface area contributed by atoms with Crippen LogP contribution in [0, 0.1) is 6.92 Å². The Bertz CT molecular complexity index is 1430. The quantitative estimate of drug-likeness (QED) is 0.273. The van der Waals surface area contributed by atoms with Gasteiger partial charge in [0.15, 0.2) is 16.7 Å². The van der Waals surface area contributed by atoms with Gasteiger partial charge in [-0.05, 0) is 36.5 Å². The first kappa shape index (κ1) is 24.1. The minimum Gasteiger partial charge on any atom is -0.308 e. The molecule has 1 aliphatic carbocycles. The van der Waals surface area contributed by atoms with Crippen LogP contribution in [0.2, 0.25) is 0 Å². The van der Waals surface area contributed by atoms with E-state index in [1.165, 1.54) is 0 Å². The van der Waals surface area contributed by atoms with Crippen LogP contribution in [0.5, 0.6) is 0 Å². The molecule has 2 aromatic heterocycles. The zero-order chi connectivity index (χ0) is 25.3. The predicted molar refractivity (Wildman–Crippen MR) is 132 cm³/mol. The molecule has 0 saturated heterocycles. The van der Waals surface area contributed by atoms with Crippen molar-refractivity contribution in [3.8, 4) is 11.3 Å². The largest absolute Gasteiger partial charge is 0.433 e. The maximum Gasteiger partial charge on any atom is 0.433 e. The maximum absolute atomic E-state index is 13.8. The summed E-state index contributed by atoms with van der Waals surface area (Å²) >= 11 is 0.868. The first-order valence-electron chi connectivity index (χ1n) is 11.3. The van der Waals surface area contributed by atoms with Crippen LogP contribution in [0.4, 0.5) is 19.0 Å². The third-order valence-electron chi connectivity index (χ3n) is 6.01. The molecule has 1 N–H and O–H groups in total. The van der Waals surface area contributed by atoms with Gasteiger partial charge >= 0.3 is 6.18 Å². The van der Waals surface area contributed by atoms with E-state index in [9.17, 15) is 18.0 Å². The average molecular weight is 510 g/mol. The highest BCUT2D eigenvalue weighted by Crippen LogP contribution is 2.40. The minimum absolute atomic E-state index is 0.0852. The van der Waals surface area contributed by atoms with Crippen LogP contribution in [0.1, 0.15) is 27.9 Å². The number of alkyl halides is 3. The average Bonchev–Trinajstić information content (AvgIpc) is 3.29. The number of carbonyl (C=O) groups is 1. The van der Waals surface area contributed by atoms with Crippen LogP contribution in [-0.4, -0.2) is 31.4 Å². The third kappa shape index (κ3) is 5.13. The number of thioether (sulfide) groups is 1. The number of hydrogen-bond donors (Lipinski definition) is 1. The zero-order valence-corrected chi connectivity index (χ0v) is 20.2. The molecule has 36 heavy (non-hydrogen) atoms. The van der Waals surface area contributed by atoms with E-state index in [1.807, 2.05) is 43.3 Å². The summed E-state index contributed by atoms with van der Waals surface area (Å²) in [7, 11) is 0. The molecule has 4 aromatic rings. The van der Waals surface area contributed by atoms with Crippen molar-refractivity contribution >= 4 is 23.5 Å². The highest BCUT2D eigenvalue weighted by Gasteiger charge is 2.38. The molecule has 6 nitrogen and oxygen atoms in total. The number of rotatable bonds is 6. The number of aryl methyl sites for hydroxylation is 2. The fourth-order valence-corrected chi connectivity index (χ4v) is 4.88. The first-order chi connectivity index (χ1) is 17.3. The molecule has 0 saturated carbocycles. The number of aromatic nitrogens is 4. The van der Waals surface area contributed by atoms with E-state index in [0.29, 0.717) is 24.3 Å². The number of carbonyl (C=O) groups excluding carboxylic acids is 1. The second kappa shape index (κ2) is 9.77. The molecule has 0 bridgehead atoms. The summed E-state index contributed by atoms with van der Waals surface area (Å²) in [4.78, 5) is 20.7. The van der Waals surface area contributed by atoms with E-state index in [2.05, 4.69) is 20.4 Å². The number of anilines is 1. The molecule has 0 spiro atoms. The Hall–Kier alpha value is -3.66. The van der Waals surface area contributed by atoms with Crippen LogP contribution < -0.4 is 5.32 Å². The van der Waals surface area contributed by atoms with E-state index in [4.69, 9.17) is 0 Å². The highest BCUT2D eigenvalue weighted by molar-refractivity contribution is 7.99. The summed E-state index contributed by atoms with van der Waals surface area (Å²) in [6, 6.07) is 16.9. The van der Waals surface area contributed by atoms with E-state index >= 15 is 0 Å². The normalized spacial score (nSPS) is 12.7. The summed E-state index contributed by atoms with van der Waals surface area (Å²) in [6.07, 6.45) is -2.13. The number of fused-ring (bicyclic) bond motifs is 3. The van der Waals surface area contributed by atoms with Crippen LogP contribution in [0.3, 0.4) is 0 Å². The van der Waals surface area contributed by atoms with Gasteiger partial charge in [0.05, 0.1) is 18.0 Å². The molecule has 10 heteroatoms. The van der Waals surface area contributed by atoms with Crippen molar-refractivity contribution < 1.29 is 18.0 Å². The highest BCUT2D eigenvalue weighted by atomic mass is 32.2.